The number of carbonyl (C=O) groups is 1. The maximum Gasteiger partial charge on any atom is 0.357 e. The molecule has 2 aromatic carbocycles. The molecule has 3 aromatic rings. The van der Waals surface area contributed by atoms with Gasteiger partial charge < -0.3 is 19.9 Å². The molecule has 158 valence electrons. The van der Waals surface area contributed by atoms with Gasteiger partial charge in [-0.15, -0.1) is 0 Å². The number of nitrogens with zero attached hydrogens (tertiary/aromatic N) is 4. The summed E-state index contributed by atoms with van der Waals surface area (Å²) in [5.74, 6) is -0.572. The summed E-state index contributed by atoms with van der Waals surface area (Å²) >= 11 is 0. The summed E-state index contributed by atoms with van der Waals surface area (Å²) in [6.45, 7) is 4.88. The number of nitriles is 1. The van der Waals surface area contributed by atoms with Crippen LogP contribution in [0.3, 0.4) is 0 Å². The number of anilines is 2. The fraction of sp³-hybridized carbons (Fsp3) is 0.250. The van der Waals surface area contributed by atoms with E-state index in [1.54, 1.807) is 10.8 Å². The van der Waals surface area contributed by atoms with Gasteiger partial charge in [-0.05, 0) is 29.8 Å². The Labute approximate surface area is 181 Å². The summed E-state index contributed by atoms with van der Waals surface area (Å²) in [6.07, 6.45) is 1.57. The van der Waals surface area contributed by atoms with Crippen LogP contribution < -0.4 is 10.6 Å². The number of esters is 1. The largest absolute Gasteiger partial charge is 0.464 e. The van der Waals surface area contributed by atoms with E-state index in [0.717, 1.165) is 44.1 Å². The van der Waals surface area contributed by atoms with E-state index >= 15 is 0 Å². The number of ether oxygens (including phenoxy) is 1. The molecule has 7 nitrogen and oxygen atoms in total. The van der Waals surface area contributed by atoms with Gasteiger partial charge in [-0.25, -0.2) is 4.79 Å². The number of piperazine rings is 1. The number of methoxy groups -OCH3 is 1. The Morgan fingerprint density at radius 1 is 1.03 bits per heavy atom. The van der Waals surface area contributed by atoms with Gasteiger partial charge in [-0.1, -0.05) is 30.3 Å². The number of benzene rings is 2. The first kappa shape index (κ1) is 20.5. The summed E-state index contributed by atoms with van der Waals surface area (Å²) in [7, 11) is 1.30. The Morgan fingerprint density at radius 2 is 1.68 bits per heavy atom. The Bertz CT molecular complexity index is 1090. The first-order chi connectivity index (χ1) is 15.1. The van der Waals surface area contributed by atoms with Gasteiger partial charge in [0.05, 0.1) is 18.4 Å². The monoisotopic (exact) mass is 415 g/mol. The Balaban J connectivity index is 1.46. The van der Waals surface area contributed by atoms with Crippen molar-refractivity contribution in [3.8, 4) is 11.8 Å². The van der Waals surface area contributed by atoms with E-state index in [-0.39, 0.29) is 16.9 Å². The number of carbonyl (C=O) groups excluding carboxylic acids is 1. The van der Waals surface area contributed by atoms with E-state index in [0.29, 0.717) is 0 Å². The van der Waals surface area contributed by atoms with E-state index in [9.17, 15) is 10.1 Å². The lowest BCUT2D eigenvalue weighted by Crippen LogP contribution is -2.45. The molecule has 0 aliphatic carbocycles. The minimum atomic E-state index is -0.572. The third-order valence-corrected chi connectivity index (χ3v) is 5.66. The van der Waals surface area contributed by atoms with Gasteiger partial charge in [0, 0.05) is 50.3 Å². The summed E-state index contributed by atoms with van der Waals surface area (Å²) in [6, 6.07) is 20.5. The van der Waals surface area contributed by atoms with Crippen molar-refractivity contribution in [2.75, 3.05) is 43.9 Å². The molecular weight excluding hydrogens is 390 g/mol. The minimum Gasteiger partial charge on any atom is -0.464 e. The molecular formula is C24H25N5O2. The predicted octanol–water partition coefficient (Wildman–Crippen LogP) is 3.04. The number of nitrogens with two attached hydrogens (primary N) is 1. The average molecular weight is 415 g/mol. The topological polar surface area (TPSA) is 87.5 Å². The van der Waals surface area contributed by atoms with Crippen LogP contribution in [0.2, 0.25) is 0 Å². The normalized spacial score (nSPS) is 14.3. The predicted molar refractivity (Wildman–Crippen MR) is 120 cm³/mol. The van der Waals surface area contributed by atoms with Crippen molar-refractivity contribution in [1.82, 2.24) is 9.47 Å². The SMILES string of the molecule is COC(=O)c1c(N)c(C#N)cn1-c1ccc(N2CCN(Cc3ccccc3)CC2)cc1. The van der Waals surface area contributed by atoms with E-state index in [4.69, 9.17) is 10.5 Å². The smallest absolute Gasteiger partial charge is 0.357 e. The number of hydrogen-bond acceptors (Lipinski definition) is 6. The van der Waals surface area contributed by atoms with Crippen LogP contribution >= 0.6 is 0 Å². The van der Waals surface area contributed by atoms with Crippen LogP contribution in [0, 0.1) is 11.3 Å². The highest BCUT2D eigenvalue weighted by molar-refractivity contribution is 5.96. The molecule has 4 rings (SSSR count). The van der Waals surface area contributed by atoms with Crippen LogP contribution in [-0.2, 0) is 11.3 Å². The molecule has 1 fully saturated rings. The molecule has 0 radical (unpaired) electrons. The van der Waals surface area contributed by atoms with Gasteiger partial charge in [0.2, 0.25) is 0 Å². The van der Waals surface area contributed by atoms with Gasteiger partial charge in [-0.3, -0.25) is 4.90 Å². The minimum absolute atomic E-state index is 0.132. The molecule has 0 atom stereocenters. The summed E-state index contributed by atoms with van der Waals surface area (Å²) in [5.41, 5.74) is 9.75. The van der Waals surface area contributed by atoms with Gasteiger partial charge in [0.25, 0.3) is 0 Å². The van der Waals surface area contributed by atoms with Crippen LogP contribution in [0.4, 0.5) is 11.4 Å². The molecule has 1 aliphatic rings. The molecule has 31 heavy (non-hydrogen) atoms. The summed E-state index contributed by atoms with van der Waals surface area (Å²) in [4.78, 5) is 17.0. The van der Waals surface area contributed by atoms with E-state index in [2.05, 4.69) is 34.1 Å². The van der Waals surface area contributed by atoms with Crippen LogP contribution in [-0.4, -0.2) is 48.7 Å². The van der Waals surface area contributed by atoms with Crippen LogP contribution in [0.1, 0.15) is 21.6 Å². The van der Waals surface area contributed by atoms with Crippen LogP contribution in [0.15, 0.2) is 60.8 Å². The molecule has 0 unspecified atom stereocenters. The zero-order chi connectivity index (χ0) is 21.8. The van der Waals surface area contributed by atoms with Gasteiger partial charge in [-0.2, -0.15) is 5.26 Å². The molecule has 0 bridgehead atoms. The maximum absolute atomic E-state index is 12.2. The number of aromatic nitrogens is 1. The first-order valence-corrected chi connectivity index (χ1v) is 10.2. The lowest BCUT2D eigenvalue weighted by Gasteiger charge is -2.36. The molecule has 7 heteroatoms. The fourth-order valence-electron chi connectivity index (χ4n) is 3.95. The van der Waals surface area contributed by atoms with Crippen LogP contribution in [0.5, 0.6) is 0 Å². The second-order valence-corrected chi connectivity index (χ2v) is 7.54. The Morgan fingerprint density at radius 3 is 2.29 bits per heavy atom. The first-order valence-electron chi connectivity index (χ1n) is 10.2. The lowest BCUT2D eigenvalue weighted by molar-refractivity contribution is 0.0593. The van der Waals surface area contributed by atoms with Crippen molar-refractivity contribution in [2.24, 2.45) is 0 Å². The van der Waals surface area contributed by atoms with Crippen molar-refractivity contribution in [3.05, 3.63) is 77.6 Å². The highest BCUT2D eigenvalue weighted by Gasteiger charge is 2.22. The molecule has 0 amide bonds. The molecule has 2 N–H and O–H groups in total. The molecule has 1 aliphatic heterocycles. The van der Waals surface area contributed by atoms with E-state index in [1.807, 2.05) is 36.4 Å². The second-order valence-electron chi connectivity index (χ2n) is 7.54. The van der Waals surface area contributed by atoms with Crippen molar-refractivity contribution in [1.29, 1.82) is 5.26 Å². The fourth-order valence-corrected chi connectivity index (χ4v) is 3.95. The van der Waals surface area contributed by atoms with Gasteiger partial charge in [0.1, 0.15) is 6.07 Å². The van der Waals surface area contributed by atoms with Crippen molar-refractivity contribution in [2.45, 2.75) is 6.54 Å². The average Bonchev–Trinajstić information content (AvgIpc) is 3.16. The number of rotatable bonds is 5. The van der Waals surface area contributed by atoms with Crippen molar-refractivity contribution in [3.63, 3.8) is 0 Å². The standard InChI is InChI=1S/C24H25N5O2/c1-31-24(30)23-22(26)19(15-25)17-29(23)21-9-7-20(8-10-21)28-13-11-27(12-14-28)16-18-5-3-2-4-6-18/h2-10,17H,11-14,16,26H2,1H3. The third kappa shape index (κ3) is 4.25. The maximum atomic E-state index is 12.2. The molecule has 1 saturated heterocycles. The van der Waals surface area contributed by atoms with Gasteiger partial charge in [0.15, 0.2) is 5.69 Å². The lowest BCUT2D eigenvalue weighted by atomic mass is 10.2. The highest BCUT2D eigenvalue weighted by atomic mass is 16.5. The Hall–Kier alpha value is -3.76. The highest BCUT2D eigenvalue weighted by Crippen LogP contribution is 2.26. The zero-order valence-electron chi connectivity index (χ0n) is 17.5. The molecule has 0 saturated carbocycles. The van der Waals surface area contributed by atoms with Gasteiger partial charge >= 0.3 is 5.97 Å². The molecule has 2 heterocycles. The quantitative estimate of drug-likeness (QED) is 0.645. The summed E-state index contributed by atoms with van der Waals surface area (Å²) < 4.78 is 6.46. The summed E-state index contributed by atoms with van der Waals surface area (Å²) in [5, 5.41) is 9.28. The van der Waals surface area contributed by atoms with E-state index in [1.165, 1.54) is 12.7 Å². The van der Waals surface area contributed by atoms with Crippen molar-refractivity contribution < 1.29 is 9.53 Å². The zero-order valence-corrected chi connectivity index (χ0v) is 17.5. The molecule has 1 aromatic heterocycles. The van der Waals surface area contributed by atoms with Crippen LogP contribution in [0.25, 0.3) is 5.69 Å². The number of hydrogen-bond donors (Lipinski definition) is 1. The third-order valence-electron chi connectivity index (χ3n) is 5.66. The van der Waals surface area contributed by atoms with E-state index < -0.39 is 5.97 Å². The van der Waals surface area contributed by atoms with Crippen molar-refractivity contribution >= 4 is 17.3 Å². The second kappa shape index (κ2) is 8.94. The Kier molecular flexibility index (Phi) is 5.92. The number of nitrogen functional groups attached to an aromatic ring is 1. The molecule has 0 spiro atoms.